The third-order valence-corrected chi connectivity index (χ3v) is 5.47. The van der Waals surface area contributed by atoms with Crippen molar-refractivity contribution in [3.63, 3.8) is 0 Å². The Bertz CT molecular complexity index is 1560. The van der Waals surface area contributed by atoms with Crippen LogP contribution in [0.5, 0.6) is 5.75 Å². The van der Waals surface area contributed by atoms with E-state index >= 15 is 0 Å². The van der Waals surface area contributed by atoms with Crippen LogP contribution in [0.3, 0.4) is 0 Å². The lowest BCUT2D eigenvalue weighted by molar-refractivity contribution is -0.134. The van der Waals surface area contributed by atoms with Crippen molar-refractivity contribution < 1.29 is 19.0 Å². The number of hydrogen-bond acceptors (Lipinski definition) is 8. The van der Waals surface area contributed by atoms with E-state index in [1.165, 1.54) is 19.4 Å². The zero-order chi connectivity index (χ0) is 28.5. The number of carboxylic acids is 1. The first kappa shape index (κ1) is 28.2. The smallest absolute Gasteiger partial charge is 0.349 e. The number of methoxy groups -OCH3 is 1. The Morgan fingerprint density at radius 2 is 2.00 bits per heavy atom. The van der Waals surface area contributed by atoms with E-state index in [1.54, 1.807) is 30.3 Å². The summed E-state index contributed by atoms with van der Waals surface area (Å²) < 4.78 is 21.1. The lowest BCUT2D eigenvalue weighted by Crippen LogP contribution is -2.17. The monoisotopic (exact) mass is 532 g/mol. The third kappa shape index (κ3) is 7.10. The molecule has 13 heteroatoms. The van der Waals surface area contributed by atoms with Gasteiger partial charge in [0.05, 0.1) is 19.6 Å². The van der Waals surface area contributed by atoms with E-state index in [0.29, 0.717) is 23.4 Å². The molecule has 4 rings (SSSR count). The van der Waals surface area contributed by atoms with Gasteiger partial charge < -0.3 is 15.6 Å². The predicted molar refractivity (Wildman–Crippen MR) is 138 cm³/mol. The third-order valence-electron chi connectivity index (χ3n) is 5.47. The van der Waals surface area contributed by atoms with E-state index in [1.807, 2.05) is 18.2 Å². The van der Waals surface area contributed by atoms with Crippen LogP contribution in [-0.2, 0) is 17.6 Å². The van der Waals surface area contributed by atoms with Crippen LogP contribution in [0.4, 0.5) is 4.39 Å². The lowest BCUT2D eigenvalue weighted by Gasteiger charge is -2.18. The zero-order valence-electron chi connectivity index (χ0n) is 21.1. The van der Waals surface area contributed by atoms with Gasteiger partial charge in [0.2, 0.25) is 0 Å². The summed E-state index contributed by atoms with van der Waals surface area (Å²) >= 11 is 0. The molecule has 4 aromatic rings. The molecule has 0 amide bonds. The van der Waals surface area contributed by atoms with Gasteiger partial charge in [-0.3, -0.25) is 15.2 Å². The predicted octanol–water partition coefficient (Wildman–Crippen LogP) is 2.31. The number of carbonyl (C=O) groups is 1. The first-order valence-electron chi connectivity index (χ1n) is 11.5. The van der Waals surface area contributed by atoms with E-state index in [9.17, 15) is 9.18 Å². The average Bonchev–Trinajstić information content (AvgIpc) is 3.30. The highest BCUT2D eigenvalue weighted by Crippen LogP contribution is 2.32. The van der Waals surface area contributed by atoms with Gasteiger partial charge in [-0.05, 0) is 35.7 Å². The number of nitrogen functional groups attached to an aromatic ring is 1. The van der Waals surface area contributed by atoms with Crippen molar-refractivity contribution in [2.45, 2.75) is 25.7 Å². The fraction of sp³-hybridized carbons (Fsp3) is 0.192. The first-order valence-corrected chi connectivity index (χ1v) is 11.5. The molecule has 2 aromatic heterocycles. The lowest BCUT2D eigenvalue weighted by atomic mass is 9.89. The number of nitrogens with zero attached hydrogens (tertiary/aromatic N) is 5. The maximum atomic E-state index is 14.7. The second-order valence-corrected chi connectivity index (χ2v) is 8.23. The molecule has 0 fully saturated rings. The Morgan fingerprint density at radius 1 is 1.31 bits per heavy atom. The van der Waals surface area contributed by atoms with Gasteiger partial charge >= 0.3 is 5.69 Å². The van der Waals surface area contributed by atoms with Gasteiger partial charge in [-0.25, -0.2) is 9.18 Å². The molecule has 2 heterocycles. The number of nitriles is 1. The summed E-state index contributed by atoms with van der Waals surface area (Å²) in [5.41, 5.74) is 7.26. The van der Waals surface area contributed by atoms with E-state index in [-0.39, 0.29) is 29.4 Å². The molecule has 39 heavy (non-hydrogen) atoms. The molecule has 0 aliphatic rings. The molecule has 0 aliphatic carbocycles. The number of carboxylic acid groups (broad SMARTS) is 1. The molecule has 0 bridgehead atoms. The number of rotatable bonds is 8. The number of aromatic amines is 1. The summed E-state index contributed by atoms with van der Waals surface area (Å²) in [6.07, 6.45) is 1.70. The Morgan fingerprint density at radius 3 is 2.56 bits per heavy atom. The number of aromatic nitrogens is 5. The van der Waals surface area contributed by atoms with Gasteiger partial charge in [-0.2, -0.15) is 15.0 Å². The molecule has 0 spiro atoms. The van der Waals surface area contributed by atoms with Gasteiger partial charge in [-0.15, -0.1) is 10.2 Å². The van der Waals surface area contributed by atoms with Gasteiger partial charge in [0, 0.05) is 30.2 Å². The van der Waals surface area contributed by atoms with Crippen LogP contribution in [0.2, 0.25) is 0 Å². The molecule has 2 aromatic carbocycles. The van der Waals surface area contributed by atoms with Crippen molar-refractivity contribution in [1.82, 2.24) is 25.0 Å². The highest BCUT2D eigenvalue weighted by atomic mass is 19.1. The molecule has 1 unspecified atom stereocenters. The summed E-state index contributed by atoms with van der Waals surface area (Å²) in [4.78, 5) is 24.5. The Labute approximate surface area is 222 Å². The number of hydrogen-bond donors (Lipinski definition) is 4. The van der Waals surface area contributed by atoms with Crippen molar-refractivity contribution in [1.29, 1.82) is 10.7 Å². The molecule has 5 N–H and O–H groups in total. The molecular formula is C26H25FN8O4. The van der Waals surface area contributed by atoms with Gasteiger partial charge in [0.15, 0.2) is 17.4 Å². The van der Waals surface area contributed by atoms with Crippen LogP contribution < -0.4 is 16.2 Å². The number of halogens is 1. The standard InChI is InChI=1S/C24H21FN8O2.C2H4O2/c1-35-19-13-17(12-16(8-9-26)21(19)25)18(11-14-4-6-15(7-5-14)22(27)28)23-30-24(34)33(32-23)20-3-2-10-29-31-20;1-2(3)4/h2-7,10,12-13,18H,8,11H2,1H3,(H3,27,28)(H,30,32,34);1H3,(H,3,4). The fourth-order valence-corrected chi connectivity index (χ4v) is 3.73. The number of benzene rings is 2. The summed E-state index contributed by atoms with van der Waals surface area (Å²) in [5, 5.41) is 36.3. The number of nitrogens with two attached hydrogens (primary N) is 1. The van der Waals surface area contributed by atoms with Crippen LogP contribution in [0.25, 0.3) is 5.82 Å². The molecule has 0 aliphatic heterocycles. The first-order chi connectivity index (χ1) is 18.6. The summed E-state index contributed by atoms with van der Waals surface area (Å²) in [6.45, 7) is 1.08. The minimum absolute atomic E-state index is 0.0135. The van der Waals surface area contributed by atoms with Crippen molar-refractivity contribution in [3.8, 4) is 17.6 Å². The minimum Gasteiger partial charge on any atom is -0.494 e. The number of ether oxygens (including phenoxy) is 1. The quantitative estimate of drug-likeness (QED) is 0.194. The SMILES string of the molecule is CC(=O)O.COc1cc(C(Cc2ccc(C(=N)N)cc2)c2nn(-c3cccnn3)c(=O)[nH]2)cc(CC#N)c1F. The van der Waals surface area contributed by atoms with Gasteiger partial charge in [-0.1, -0.05) is 30.3 Å². The van der Waals surface area contributed by atoms with Crippen LogP contribution in [0.15, 0.2) is 59.5 Å². The topological polar surface area (TPSA) is 197 Å². The molecule has 200 valence electrons. The second-order valence-electron chi connectivity index (χ2n) is 8.23. The normalized spacial score (nSPS) is 11.0. The van der Waals surface area contributed by atoms with Gasteiger partial charge in [0.1, 0.15) is 11.7 Å². The maximum absolute atomic E-state index is 14.7. The summed E-state index contributed by atoms with van der Waals surface area (Å²) in [5.74, 6) is -1.49. The maximum Gasteiger partial charge on any atom is 0.349 e. The Hall–Kier alpha value is -5.38. The van der Waals surface area contributed by atoms with Crippen molar-refractivity contribution in [3.05, 3.63) is 99.1 Å². The summed E-state index contributed by atoms with van der Waals surface area (Å²) in [6, 6.07) is 15.4. The fourth-order valence-electron chi connectivity index (χ4n) is 3.73. The zero-order valence-corrected chi connectivity index (χ0v) is 21.1. The summed E-state index contributed by atoms with van der Waals surface area (Å²) in [7, 11) is 1.35. The number of amidine groups is 1. The highest BCUT2D eigenvalue weighted by molar-refractivity contribution is 5.94. The number of H-pyrrole nitrogens is 1. The largest absolute Gasteiger partial charge is 0.494 e. The molecule has 0 saturated carbocycles. The highest BCUT2D eigenvalue weighted by Gasteiger charge is 2.24. The van der Waals surface area contributed by atoms with Crippen molar-refractivity contribution >= 4 is 11.8 Å². The molecular weight excluding hydrogens is 507 g/mol. The van der Waals surface area contributed by atoms with Crippen molar-refractivity contribution in [2.24, 2.45) is 5.73 Å². The Balaban J connectivity index is 0.000000983. The van der Waals surface area contributed by atoms with Crippen molar-refractivity contribution in [2.75, 3.05) is 7.11 Å². The van der Waals surface area contributed by atoms with Gasteiger partial charge in [0.25, 0.3) is 5.97 Å². The molecule has 0 saturated heterocycles. The van der Waals surface area contributed by atoms with E-state index in [0.717, 1.165) is 17.2 Å². The van der Waals surface area contributed by atoms with E-state index in [4.69, 9.17) is 31.0 Å². The molecule has 1 atom stereocenters. The minimum atomic E-state index is -0.833. The van der Waals surface area contributed by atoms with E-state index < -0.39 is 23.4 Å². The second kappa shape index (κ2) is 12.7. The van der Waals surface area contributed by atoms with Crippen LogP contribution >= 0.6 is 0 Å². The van der Waals surface area contributed by atoms with E-state index in [2.05, 4.69) is 20.3 Å². The van der Waals surface area contributed by atoms with Crippen LogP contribution in [0.1, 0.15) is 40.9 Å². The average molecular weight is 533 g/mol. The molecule has 12 nitrogen and oxygen atoms in total. The number of aliphatic carboxylic acids is 1. The number of nitrogens with one attached hydrogen (secondary N) is 2. The molecule has 0 radical (unpaired) electrons. The van der Waals surface area contributed by atoms with Crippen LogP contribution in [0, 0.1) is 22.6 Å². The Kier molecular flexibility index (Phi) is 9.20. The van der Waals surface area contributed by atoms with Crippen LogP contribution in [-0.4, -0.2) is 49.0 Å².